The highest BCUT2D eigenvalue weighted by atomic mass is 79.9. The summed E-state index contributed by atoms with van der Waals surface area (Å²) < 4.78 is 27.1. The number of nitrogens with zero attached hydrogens (tertiary/aromatic N) is 1. The fourth-order valence-electron chi connectivity index (χ4n) is 1.59. The third kappa shape index (κ3) is 2.67. The van der Waals surface area contributed by atoms with Crippen LogP contribution in [0.25, 0.3) is 0 Å². The Morgan fingerprint density at radius 1 is 1.44 bits per heavy atom. The van der Waals surface area contributed by atoms with Crippen LogP contribution >= 0.6 is 27.3 Å². The highest BCUT2D eigenvalue weighted by Crippen LogP contribution is 2.31. The number of rotatable bonds is 5. The maximum absolute atomic E-state index is 12.3. The molecule has 0 unspecified atom stereocenters. The number of hydrogen-bond acceptors (Lipinski definition) is 3. The maximum atomic E-state index is 12.3. The molecule has 0 radical (unpaired) electrons. The molecule has 6 heteroatoms. The molecule has 1 rings (SSSR count). The van der Waals surface area contributed by atoms with Crippen LogP contribution in [0.5, 0.6) is 0 Å². The number of hydrogen-bond donors (Lipinski definition) is 0. The Morgan fingerprint density at radius 2 is 2.00 bits per heavy atom. The van der Waals surface area contributed by atoms with Gasteiger partial charge in [-0.3, -0.25) is 0 Å². The molecule has 0 aromatic carbocycles. The first-order valence-electron chi connectivity index (χ1n) is 5.16. The Morgan fingerprint density at radius 3 is 2.38 bits per heavy atom. The van der Waals surface area contributed by atoms with E-state index in [1.165, 1.54) is 15.6 Å². The second kappa shape index (κ2) is 5.62. The number of halogens is 1. The van der Waals surface area contributed by atoms with E-state index in [1.54, 1.807) is 18.5 Å². The molecular weight excluding hydrogens is 310 g/mol. The second-order valence-electron chi connectivity index (χ2n) is 3.55. The minimum absolute atomic E-state index is 0.0685. The summed E-state index contributed by atoms with van der Waals surface area (Å²) in [7, 11) is -1.69. The maximum Gasteiger partial charge on any atom is 0.253 e. The Labute approximate surface area is 110 Å². The second-order valence-corrected chi connectivity index (χ2v) is 7.51. The van der Waals surface area contributed by atoms with Crippen molar-refractivity contribution in [3.05, 3.63) is 15.9 Å². The van der Waals surface area contributed by atoms with Gasteiger partial charge in [-0.1, -0.05) is 13.8 Å². The first kappa shape index (κ1) is 14.2. The monoisotopic (exact) mass is 325 g/mol. The molecule has 1 heterocycles. The van der Waals surface area contributed by atoms with Crippen molar-refractivity contribution in [2.24, 2.45) is 0 Å². The molecule has 0 spiro atoms. The molecule has 0 saturated carbocycles. The lowest BCUT2D eigenvalue weighted by atomic mass is 10.2. The van der Waals surface area contributed by atoms with Gasteiger partial charge in [0.2, 0.25) is 0 Å². The van der Waals surface area contributed by atoms with Gasteiger partial charge in [0.15, 0.2) is 0 Å². The smallest absolute Gasteiger partial charge is 0.206 e. The van der Waals surface area contributed by atoms with Crippen LogP contribution in [0.15, 0.2) is 20.1 Å². The van der Waals surface area contributed by atoms with Crippen LogP contribution in [-0.2, 0) is 10.0 Å². The molecule has 1 aromatic rings. The van der Waals surface area contributed by atoms with Gasteiger partial charge in [-0.25, -0.2) is 8.42 Å². The number of sulfonamides is 1. The van der Waals surface area contributed by atoms with Crippen LogP contribution in [-0.4, -0.2) is 25.8 Å². The molecule has 16 heavy (non-hydrogen) atoms. The van der Waals surface area contributed by atoms with E-state index in [0.717, 1.165) is 12.8 Å². The van der Waals surface area contributed by atoms with E-state index in [2.05, 4.69) is 15.9 Å². The number of thiophene rings is 1. The highest BCUT2D eigenvalue weighted by molar-refractivity contribution is 9.10. The zero-order chi connectivity index (χ0) is 12.3. The Hall–Kier alpha value is 0.0900. The summed E-state index contributed by atoms with van der Waals surface area (Å²) >= 11 is 4.51. The first-order valence-corrected chi connectivity index (χ1v) is 8.27. The lowest BCUT2D eigenvalue weighted by Gasteiger charge is -2.24. The zero-order valence-electron chi connectivity index (χ0n) is 9.60. The van der Waals surface area contributed by atoms with Crippen molar-refractivity contribution in [3.63, 3.8) is 0 Å². The molecule has 3 nitrogen and oxygen atoms in total. The average Bonchev–Trinajstić information content (AvgIpc) is 2.66. The van der Waals surface area contributed by atoms with Crippen molar-refractivity contribution in [3.8, 4) is 0 Å². The summed E-state index contributed by atoms with van der Waals surface area (Å²) in [5.41, 5.74) is 0. The van der Waals surface area contributed by atoms with E-state index in [9.17, 15) is 8.42 Å². The summed E-state index contributed by atoms with van der Waals surface area (Å²) in [5.74, 6) is 0. The molecule has 0 aliphatic rings. The summed E-state index contributed by atoms with van der Waals surface area (Å²) in [6.45, 7) is 4.01. The molecule has 0 aliphatic carbocycles. The van der Waals surface area contributed by atoms with Crippen LogP contribution in [0.3, 0.4) is 0 Å². The molecular formula is C10H16BrNO2S2. The van der Waals surface area contributed by atoms with Crippen molar-refractivity contribution in [1.82, 2.24) is 4.31 Å². The summed E-state index contributed by atoms with van der Waals surface area (Å²) in [6.07, 6.45) is 1.66. The van der Waals surface area contributed by atoms with Gasteiger partial charge in [0.1, 0.15) is 4.21 Å². The summed E-state index contributed by atoms with van der Waals surface area (Å²) in [5, 5.41) is 1.78. The third-order valence-electron chi connectivity index (χ3n) is 2.65. The van der Waals surface area contributed by atoms with Crippen molar-refractivity contribution in [1.29, 1.82) is 0 Å². The van der Waals surface area contributed by atoms with E-state index < -0.39 is 10.0 Å². The predicted molar refractivity (Wildman–Crippen MR) is 71.3 cm³/mol. The molecule has 92 valence electrons. The molecule has 0 atom stereocenters. The molecule has 0 N–H and O–H groups in total. The minimum Gasteiger partial charge on any atom is -0.206 e. The molecule has 0 bridgehead atoms. The molecule has 0 saturated heterocycles. The standard InChI is InChI=1S/C10H16BrNO2S2/c1-4-8(5-2)12(3)16(13,14)10-9(11)6-7-15-10/h6-8H,4-5H2,1-3H3. The lowest BCUT2D eigenvalue weighted by molar-refractivity contribution is 0.350. The van der Waals surface area contributed by atoms with Gasteiger partial charge in [-0.05, 0) is 40.2 Å². The topological polar surface area (TPSA) is 37.4 Å². The molecule has 0 aliphatic heterocycles. The van der Waals surface area contributed by atoms with Gasteiger partial charge < -0.3 is 0 Å². The quantitative estimate of drug-likeness (QED) is 0.832. The largest absolute Gasteiger partial charge is 0.253 e. The van der Waals surface area contributed by atoms with E-state index >= 15 is 0 Å². The van der Waals surface area contributed by atoms with Gasteiger partial charge in [-0.2, -0.15) is 4.31 Å². The Kier molecular flexibility index (Phi) is 4.97. The predicted octanol–water partition coefficient (Wildman–Crippen LogP) is 3.32. The first-order chi connectivity index (χ1) is 7.45. The zero-order valence-corrected chi connectivity index (χ0v) is 12.8. The molecule has 1 aromatic heterocycles. The van der Waals surface area contributed by atoms with E-state index in [1.807, 2.05) is 13.8 Å². The van der Waals surface area contributed by atoms with E-state index in [-0.39, 0.29) is 6.04 Å². The average molecular weight is 326 g/mol. The van der Waals surface area contributed by atoms with Gasteiger partial charge in [0.05, 0.1) is 0 Å². The van der Waals surface area contributed by atoms with Crippen LogP contribution in [0.2, 0.25) is 0 Å². The Balaban J connectivity index is 3.08. The van der Waals surface area contributed by atoms with Gasteiger partial charge in [0.25, 0.3) is 10.0 Å². The van der Waals surface area contributed by atoms with E-state index in [4.69, 9.17) is 0 Å². The van der Waals surface area contributed by atoms with Crippen molar-refractivity contribution in [2.45, 2.75) is 36.9 Å². The fraction of sp³-hybridized carbons (Fsp3) is 0.600. The van der Waals surface area contributed by atoms with Gasteiger partial charge in [-0.15, -0.1) is 11.3 Å². The summed E-state index contributed by atoms with van der Waals surface area (Å²) in [4.78, 5) is 0. The highest BCUT2D eigenvalue weighted by Gasteiger charge is 2.28. The minimum atomic E-state index is -3.34. The molecule has 0 amide bonds. The van der Waals surface area contributed by atoms with Crippen LogP contribution in [0, 0.1) is 0 Å². The summed E-state index contributed by atoms with van der Waals surface area (Å²) in [6, 6.07) is 1.83. The van der Waals surface area contributed by atoms with Crippen molar-refractivity contribution < 1.29 is 8.42 Å². The van der Waals surface area contributed by atoms with E-state index in [0.29, 0.717) is 8.68 Å². The van der Waals surface area contributed by atoms with Gasteiger partial charge in [0, 0.05) is 17.6 Å². The Bertz CT molecular complexity index is 437. The normalized spacial score (nSPS) is 12.6. The molecule has 0 fully saturated rings. The third-order valence-corrected chi connectivity index (χ3v) is 7.21. The van der Waals surface area contributed by atoms with Crippen LogP contribution in [0.4, 0.5) is 0 Å². The van der Waals surface area contributed by atoms with Crippen LogP contribution in [0.1, 0.15) is 26.7 Å². The van der Waals surface area contributed by atoms with Crippen LogP contribution < -0.4 is 0 Å². The lowest BCUT2D eigenvalue weighted by Crippen LogP contribution is -2.35. The van der Waals surface area contributed by atoms with Crippen molar-refractivity contribution in [2.75, 3.05) is 7.05 Å². The van der Waals surface area contributed by atoms with Crippen molar-refractivity contribution >= 4 is 37.3 Å². The van der Waals surface area contributed by atoms with Gasteiger partial charge >= 0.3 is 0 Å². The SMILES string of the molecule is CCC(CC)N(C)S(=O)(=O)c1sccc1Br. The fourth-order valence-corrected chi connectivity index (χ4v) is 5.58.